The summed E-state index contributed by atoms with van der Waals surface area (Å²) in [6.07, 6.45) is 5.30. The lowest BCUT2D eigenvalue weighted by Gasteiger charge is -2.31. The van der Waals surface area contributed by atoms with Crippen LogP contribution in [0.1, 0.15) is 24.1 Å². The zero-order valence-corrected chi connectivity index (χ0v) is 23.5. The molecule has 1 amide bonds. The third-order valence-corrected chi connectivity index (χ3v) is 8.41. The van der Waals surface area contributed by atoms with Gasteiger partial charge in [-0.1, -0.05) is 54.6 Å². The van der Waals surface area contributed by atoms with Gasteiger partial charge in [-0.05, 0) is 50.0 Å². The van der Waals surface area contributed by atoms with E-state index >= 15 is 0 Å². The number of aryl methyl sites for hydroxylation is 1. The number of thiazole rings is 1. The maximum absolute atomic E-state index is 12.6. The predicted octanol–water partition coefficient (Wildman–Crippen LogP) is 6.23. The second-order valence-corrected chi connectivity index (χ2v) is 11.4. The highest BCUT2D eigenvalue weighted by molar-refractivity contribution is 7.13. The Kier molecular flexibility index (Phi) is 6.74. The van der Waals surface area contributed by atoms with Crippen molar-refractivity contribution in [2.45, 2.75) is 26.3 Å². The van der Waals surface area contributed by atoms with Gasteiger partial charge in [0.05, 0.1) is 11.4 Å². The number of benzene rings is 2. The molecule has 1 N–H and O–H groups in total. The number of fused-ring (bicyclic) bond motifs is 3. The van der Waals surface area contributed by atoms with Crippen molar-refractivity contribution in [3.8, 4) is 22.4 Å². The molecule has 0 saturated carbocycles. The molecule has 41 heavy (non-hydrogen) atoms. The number of carbonyl (C=O) groups is 1. The number of hydrogen-bond donors (Lipinski definition) is 1. The second kappa shape index (κ2) is 10.8. The quantitative estimate of drug-likeness (QED) is 0.260. The van der Waals surface area contributed by atoms with Crippen LogP contribution in [0.25, 0.3) is 39.1 Å². The molecule has 0 aliphatic carbocycles. The van der Waals surface area contributed by atoms with Crippen LogP contribution in [0.4, 0.5) is 5.13 Å². The van der Waals surface area contributed by atoms with Crippen molar-refractivity contribution < 1.29 is 4.79 Å². The van der Waals surface area contributed by atoms with Gasteiger partial charge in [0.1, 0.15) is 0 Å². The number of carbonyl (C=O) groups excluding carboxylic acids is 1. The minimum atomic E-state index is 0.0353. The van der Waals surface area contributed by atoms with Crippen LogP contribution >= 0.6 is 11.3 Å². The van der Waals surface area contributed by atoms with Gasteiger partial charge in [-0.3, -0.25) is 9.69 Å². The summed E-state index contributed by atoms with van der Waals surface area (Å²) in [6.45, 7) is 4.62. The minimum absolute atomic E-state index is 0.0353. The Morgan fingerprint density at radius 2 is 1.80 bits per heavy atom. The molecule has 1 aliphatic rings. The molecule has 0 bridgehead atoms. The number of hydrogen-bond acceptors (Lipinski definition) is 7. The maximum atomic E-state index is 12.6. The molecular weight excluding hydrogens is 530 g/mol. The number of nitrogens with one attached hydrogen (secondary N) is 1. The van der Waals surface area contributed by atoms with Crippen molar-refractivity contribution in [1.82, 2.24) is 29.5 Å². The van der Waals surface area contributed by atoms with E-state index in [0.717, 1.165) is 77.2 Å². The SMILES string of the molecule is Cc1cc2ncc3cc(-c4ccccc4)c(-c4ccc(CN5CCC(C(=O)Nc6nccs6)CC5)cc4)nc3n2n1. The van der Waals surface area contributed by atoms with Gasteiger partial charge in [0, 0.05) is 52.8 Å². The molecule has 8 nitrogen and oxygen atoms in total. The van der Waals surface area contributed by atoms with Crippen LogP contribution in [0.2, 0.25) is 0 Å². The average Bonchev–Trinajstić information content (AvgIpc) is 3.66. The van der Waals surface area contributed by atoms with E-state index in [0.29, 0.717) is 5.13 Å². The molecule has 7 rings (SSSR count). The molecule has 1 aliphatic heterocycles. The fourth-order valence-corrected chi connectivity index (χ4v) is 6.11. The first-order chi connectivity index (χ1) is 20.1. The van der Waals surface area contributed by atoms with Crippen LogP contribution in [-0.4, -0.2) is 48.5 Å². The van der Waals surface area contributed by atoms with Crippen LogP contribution in [0.5, 0.6) is 0 Å². The largest absolute Gasteiger partial charge is 0.302 e. The summed E-state index contributed by atoms with van der Waals surface area (Å²) in [7, 11) is 0. The molecule has 9 heteroatoms. The molecular formula is C32H29N7OS. The van der Waals surface area contributed by atoms with Crippen LogP contribution < -0.4 is 5.32 Å². The summed E-state index contributed by atoms with van der Waals surface area (Å²) in [4.78, 5) is 29.0. The number of pyridine rings is 1. The standard InChI is InChI=1S/C32H29N7OS/c1-21-17-28-34-19-26-18-27(23-5-3-2-4-6-23)29(35-30(26)39(28)37-21)24-9-7-22(8-10-24)20-38-14-11-25(12-15-38)31(40)36-32-33-13-16-41-32/h2-10,13,16-19,25H,11-12,14-15,20H2,1H3,(H,33,36,40). The summed E-state index contributed by atoms with van der Waals surface area (Å²) in [6, 6.07) is 23.2. The van der Waals surface area contributed by atoms with Gasteiger partial charge in [0.15, 0.2) is 16.4 Å². The Morgan fingerprint density at radius 1 is 1.00 bits per heavy atom. The Balaban J connectivity index is 1.12. The van der Waals surface area contributed by atoms with Gasteiger partial charge in [-0.25, -0.2) is 15.0 Å². The number of amides is 1. The van der Waals surface area contributed by atoms with Crippen molar-refractivity contribution in [2.24, 2.45) is 5.92 Å². The minimum Gasteiger partial charge on any atom is -0.302 e. The molecule has 0 unspecified atom stereocenters. The molecule has 0 radical (unpaired) electrons. The highest BCUT2D eigenvalue weighted by atomic mass is 32.1. The van der Waals surface area contributed by atoms with Crippen LogP contribution in [-0.2, 0) is 11.3 Å². The lowest BCUT2D eigenvalue weighted by Crippen LogP contribution is -2.37. The average molecular weight is 560 g/mol. The van der Waals surface area contributed by atoms with E-state index in [9.17, 15) is 4.79 Å². The number of nitrogens with zero attached hydrogens (tertiary/aromatic N) is 6. The van der Waals surface area contributed by atoms with Crippen LogP contribution in [0, 0.1) is 12.8 Å². The number of aromatic nitrogens is 5. The van der Waals surface area contributed by atoms with Crippen LogP contribution in [0.3, 0.4) is 0 Å². The van der Waals surface area contributed by atoms with Crippen molar-refractivity contribution in [3.63, 3.8) is 0 Å². The van der Waals surface area contributed by atoms with E-state index in [1.54, 1.807) is 6.20 Å². The lowest BCUT2D eigenvalue weighted by atomic mass is 9.95. The zero-order valence-electron chi connectivity index (χ0n) is 22.7. The third kappa shape index (κ3) is 5.21. The summed E-state index contributed by atoms with van der Waals surface area (Å²) in [5, 5.41) is 11.1. The fourth-order valence-electron chi connectivity index (χ4n) is 5.58. The van der Waals surface area contributed by atoms with Gasteiger partial charge < -0.3 is 5.32 Å². The first-order valence-corrected chi connectivity index (χ1v) is 14.7. The van der Waals surface area contributed by atoms with E-state index in [4.69, 9.17) is 4.98 Å². The number of rotatable bonds is 6. The first kappa shape index (κ1) is 25.5. The Morgan fingerprint density at radius 3 is 2.56 bits per heavy atom. The summed E-state index contributed by atoms with van der Waals surface area (Å²) in [5.74, 6) is 0.118. The van der Waals surface area contributed by atoms with Crippen molar-refractivity contribution in [2.75, 3.05) is 18.4 Å². The second-order valence-electron chi connectivity index (χ2n) is 10.6. The molecule has 6 aromatic rings. The van der Waals surface area contributed by atoms with E-state index in [1.165, 1.54) is 16.9 Å². The van der Waals surface area contributed by atoms with Gasteiger partial charge in [0.2, 0.25) is 5.91 Å². The highest BCUT2D eigenvalue weighted by Gasteiger charge is 2.25. The van der Waals surface area contributed by atoms with E-state index in [2.05, 4.69) is 79.9 Å². The summed E-state index contributed by atoms with van der Waals surface area (Å²) in [5.41, 5.74) is 7.89. The smallest absolute Gasteiger partial charge is 0.229 e. The third-order valence-electron chi connectivity index (χ3n) is 7.72. The fraction of sp³-hybridized carbons (Fsp3) is 0.219. The Bertz CT molecular complexity index is 1820. The molecule has 2 aromatic carbocycles. The summed E-state index contributed by atoms with van der Waals surface area (Å²) < 4.78 is 1.83. The van der Waals surface area contributed by atoms with E-state index in [1.807, 2.05) is 35.1 Å². The maximum Gasteiger partial charge on any atom is 0.229 e. The number of likely N-dealkylation sites (tertiary alicyclic amines) is 1. The first-order valence-electron chi connectivity index (χ1n) is 13.8. The molecule has 1 fully saturated rings. The molecule has 0 spiro atoms. The molecule has 1 saturated heterocycles. The van der Waals surface area contributed by atoms with Gasteiger partial charge in [-0.15, -0.1) is 11.3 Å². The summed E-state index contributed by atoms with van der Waals surface area (Å²) >= 11 is 1.45. The Labute approximate surface area is 241 Å². The number of piperidine rings is 1. The lowest BCUT2D eigenvalue weighted by molar-refractivity contribution is -0.121. The normalized spacial score (nSPS) is 14.6. The van der Waals surface area contributed by atoms with E-state index < -0.39 is 0 Å². The van der Waals surface area contributed by atoms with Gasteiger partial charge in [0.25, 0.3) is 0 Å². The highest BCUT2D eigenvalue weighted by Crippen LogP contribution is 2.34. The zero-order chi connectivity index (χ0) is 27.8. The molecule has 5 heterocycles. The predicted molar refractivity (Wildman–Crippen MR) is 163 cm³/mol. The van der Waals surface area contributed by atoms with E-state index in [-0.39, 0.29) is 11.8 Å². The molecule has 4 aromatic heterocycles. The van der Waals surface area contributed by atoms with Crippen molar-refractivity contribution >= 4 is 39.1 Å². The molecule has 0 atom stereocenters. The Hall–Kier alpha value is -4.47. The van der Waals surface area contributed by atoms with Crippen molar-refractivity contribution in [1.29, 1.82) is 0 Å². The van der Waals surface area contributed by atoms with Crippen LogP contribution in [0.15, 0.2) is 84.5 Å². The molecule has 204 valence electrons. The van der Waals surface area contributed by atoms with Gasteiger partial charge >= 0.3 is 0 Å². The number of anilines is 1. The monoisotopic (exact) mass is 559 g/mol. The van der Waals surface area contributed by atoms with Gasteiger partial charge in [-0.2, -0.15) is 9.61 Å². The topological polar surface area (TPSA) is 88.3 Å². The van der Waals surface area contributed by atoms with Crippen molar-refractivity contribution in [3.05, 3.63) is 95.8 Å².